The number of nitrogens with one attached hydrogen (secondary N) is 1. The molecule has 2 N–H and O–H groups in total. The maximum absolute atomic E-state index is 13.7. The standard InChI is InChI=1S/C29H32N2O4/c1-28(2,3)22-14-16-25(17-15-22)35-20-24(32)19-31-26(33)29(30-27(31)34,23-12-8-5-9-13-23)18-21-10-6-4-7-11-21/h4-17,24,32H,18-20H2,1-3H3,(H,30,34). The van der Waals surface area contributed by atoms with Crippen LogP contribution in [0.3, 0.4) is 0 Å². The molecule has 0 saturated carbocycles. The summed E-state index contributed by atoms with van der Waals surface area (Å²) < 4.78 is 5.73. The molecule has 4 rings (SSSR count). The van der Waals surface area contributed by atoms with Crippen molar-refractivity contribution in [1.29, 1.82) is 0 Å². The first kappa shape index (κ1) is 24.5. The van der Waals surface area contributed by atoms with Gasteiger partial charge in [0.05, 0.1) is 6.54 Å². The van der Waals surface area contributed by atoms with Gasteiger partial charge in [0.15, 0.2) is 5.54 Å². The van der Waals surface area contributed by atoms with E-state index in [0.29, 0.717) is 17.7 Å². The number of hydrogen-bond donors (Lipinski definition) is 2. The van der Waals surface area contributed by atoms with Crippen molar-refractivity contribution in [3.63, 3.8) is 0 Å². The second-order valence-electron chi connectivity index (χ2n) is 10.0. The Morgan fingerprint density at radius 1 is 0.914 bits per heavy atom. The molecule has 35 heavy (non-hydrogen) atoms. The predicted octanol–water partition coefficient (Wildman–Crippen LogP) is 4.41. The smallest absolute Gasteiger partial charge is 0.325 e. The number of ether oxygens (including phenoxy) is 1. The Hall–Kier alpha value is -3.64. The maximum Gasteiger partial charge on any atom is 0.325 e. The topological polar surface area (TPSA) is 78.9 Å². The largest absolute Gasteiger partial charge is 0.491 e. The normalized spacial score (nSPS) is 18.9. The van der Waals surface area contributed by atoms with Crippen molar-refractivity contribution in [2.75, 3.05) is 13.2 Å². The molecule has 1 fully saturated rings. The van der Waals surface area contributed by atoms with E-state index in [-0.39, 0.29) is 24.5 Å². The molecule has 0 spiro atoms. The van der Waals surface area contributed by atoms with Gasteiger partial charge in [-0.1, -0.05) is 93.6 Å². The predicted molar refractivity (Wildman–Crippen MR) is 135 cm³/mol. The third kappa shape index (κ3) is 5.38. The Bertz CT molecular complexity index is 1160. The third-order valence-electron chi connectivity index (χ3n) is 6.31. The summed E-state index contributed by atoms with van der Waals surface area (Å²) in [6.07, 6.45) is -0.721. The van der Waals surface area contributed by atoms with E-state index >= 15 is 0 Å². The van der Waals surface area contributed by atoms with Gasteiger partial charge in [-0.2, -0.15) is 0 Å². The van der Waals surface area contributed by atoms with Crippen molar-refractivity contribution in [2.45, 2.75) is 44.2 Å². The van der Waals surface area contributed by atoms with E-state index in [0.717, 1.165) is 10.5 Å². The zero-order valence-corrected chi connectivity index (χ0v) is 20.4. The fourth-order valence-electron chi connectivity index (χ4n) is 4.34. The fourth-order valence-corrected chi connectivity index (χ4v) is 4.34. The second kappa shape index (κ2) is 9.92. The van der Waals surface area contributed by atoms with Gasteiger partial charge in [0, 0.05) is 6.42 Å². The zero-order valence-electron chi connectivity index (χ0n) is 20.4. The molecule has 3 aromatic rings. The van der Waals surface area contributed by atoms with Gasteiger partial charge in [0.1, 0.15) is 18.5 Å². The summed E-state index contributed by atoms with van der Waals surface area (Å²) in [7, 11) is 0. The van der Waals surface area contributed by atoms with E-state index in [2.05, 4.69) is 26.1 Å². The summed E-state index contributed by atoms with van der Waals surface area (Å²) in [5, 5.41) is 13.5. The van der Waals surface area contributed by atoms with Crippen molar-refractivity contribution < 1.29 is 19.4 Å². The quantitative estimate of drug-likeness (QED) is 0.476. The summed E-state index contributed by atoms with van der Waals surface area (Å²) in [5.41, 5.74) is 1.61. The number of rotatable bonds is 8. The minimum absolute atomic E-state index is 0.0342. The van der Waals surface area contributed by atoms with Crippen LogP contribution in [0.4, 0.5) is 4.79 Å². The highest BCUT2D eigenvalue weighted by molar-refractivity contribution is 6.07. The molecule has 3 amide bonds. The molecule has 1 saturated heterocycles. The van der Waals surface area contributed by atoms with Crippen LogP contribution < -0.4 is 10.1 Å². The van der Waals surface area contributed by atoms with Crippen LogP contribution >= 0.6 is 0 Å². The Labute approximate surface area is 206 Å². The van der Waals surface area contributed by atoms with Gasteiger partial charge in [-0.15, -0.1) is 0 Å². The highest BCUT2D eigenvalue weighted by atomic mass is 16.5. The minimum atomic E-state index is -1.23. The lowest BCUT2D eigenvalue weighted by molar-refractivity contribution is -0.132. The summed E-state index contributed by atoms with van der Waals surface area (Å²) in [6.45, 7) is 6.21. The van der Waals surface area contributed by atoms with Crippen molar-refractivity contribution in [3.05, 3.63) is 102 Å². The van der Waals surface area contributed by atoms with Crippen molar-refractivity contribution >= 4 is 11.9 Å². The van der Waals surface area contributed by atoms with E-state index in [4.69, 9.17) is 4.74 Å². The number of aliphatic hydroxyl groups is 1. The van der Waals surface area contributed by atoms with Crippen LogP contribution in [-0.2, 0) is 22.2 Å². The lowest BCUT2D eigenvalue weighted by atomic mass is 9.83. The Balaban J connectivity index is 1.47. The van der Waals surface area contributed by atoms with Crippen molar-refractivity contribution in [2.24, 2.45) is 0 Å². The molecule has 1 heterocycles. The Morgan fingerprint density at radius 3 is 2.11 bits per heavy atom. The number of amides is 3. The summed E-state index contributed by atoms with van der Waals surface area (Å²) in [4.78, 5) is 27.7. The number of nitrogens with zero attached hydrogens (tertiary/aromatic N) is 1. The molecule has 1 aliphatic rings. The first-order chi connectivity index (χ1) is 16.7. The molecule has 2 unspecified atom stereocenters. The maximum atomic E-state index is 13.7. The van der Waals surface area contributed by atoms with Crippen LogP contribution in [0.1, 0.15) is 37.5 Å². The SMILES string of the molecule is CC(C)(C)c1ccc(OCC(O)CN2C(=O)NC(Cc3ccccc3)(c3ccccc3)C2=O)cc1. The van der Waals surface area contributed by atoms with Crippen LogP contribution in [-0.4, -0.2) is 41.2 Å². The summed E-state index contributed by atoms with van der Waals surface area (Å²) >= 11 is 0. The Kier molecular flexibility index (Phi) is 6.94. The zero-order chi connectivity index (χ0) is 25.1. The minimum Gasteiger partial charge on any atom is -0.491 e. The summed E-state index contributed by atoms with van der Waals surface area (Å²) in [5.74, 6) is 0.239. The molecule has 0 bridgehead atoms. The molecule has 0 radical (unpaired) electrons. The van der Waals surface area contributed by atoms with E-state index in [1.54, 1.807) is 0 Å². The first-order valence-electron chi connectivity index (χ1n) is 11.8. The molecule has 6 nitrogen and oxygen atoms in total. The molecule has 6 heteroatoms. The fraction of sp³-hybridized carbons (Fsp3) is 0.310. The number of carbonyl (C=O) groups excluding carboxylic acids is 2. The van der Waals surface area contributed by atoms with Gasteiger partial charge in [0.2, 0.25) is 0 Å². The van der Waals surface area contributed by atoms with E-state index in [1.165, 1.54) is 5.56 Å². The molecule has 0 aliphatic carbocycles. The lowest BCUT2D eigenvalue weighted by Crippen LogP contribution is -2.46. The highest BCUT2D eigenvalue weighted by Gasteiger charge is 2.52. The van der Waals surface area contributed by atoms with Gasteiger partial charge < -0.3 is 15.2 Å². The number of benzene rings is 3. The van der Waals surface area contributed by atoms with Gasteiger partial charge in [-0.3, -0.25) is 9.69 Å². The molecule has 3 aromatic carbocycles. The average molecular weight is 473 g/mol. The first-order valence-corrected chi connectivity index (χ1v) is 11.8. The van der Waals surface area contributed by atoms with Crippen LogP contribution in [0, 0.1) is 0 Å². The van der Waals surface area contributed by atoms with Crippen LogP contribution in [0.25, 0.3) is 0 Å². The molecule has 1 aliphatic heterocycles. The lowest BCUT2D eigenvalue weighted by Gasteiger charge is -2.28. The number of β-amino-alcohol motifs (C(OH)–C–C–N with tert-alkyl or cyclic N) is 1. The summed E-state index contributed by atoms with van der Waals surface area (Å²) in [6, 6.07) is 26.0. The molecular weight excluding hydrogens is 440 g/mol. The average Bonchev–Trinajstić information content (AvgIpc) is 3.08. The van der Waals surface area contributed by atoms with E-state index in [9.17, 15) is 14.7 Å². The van der Waals surface area contributed by atoms with Gasteiger partial charge in [0.25, 0.3) is 5.91 Å². The molecule has 0 aromatic heterocycles. The van der Waals surface area contributed by atoms with Gasteiger partial charge >= 0.3 is 6.03 Å². The van der Waals surface area contributed by atoms with Gasteiger partial charge in [-0.05, 0) is 34.2 Å². The van der Waals surface area contributed by atoms with Gasteiger partial charge in [-0.25, -0.2) is 4.79 Å². The van der Waals surface area contributed by atoms with Crippen molar-refractivity contribution in [1.82, 2.24) is 10.2 Å². The second-order valence-corrected chi connectivity index (χ2v) is 10.0. The third-order valence-corrected chi connectivity index (χ3v) is 6.31. The number of urea groups is 1. The highest BCUT2D eigenvalue weighted by Crippen LogP contribution is 2.33. The van der Waals surface area contributed by atoms with Crippen LogP contribution in [0.5, 0.6) is 5.75 Å². The molecule has 182 valence electrons. The van der Waals surface area contributed by atoms with E-state index < -0.39 is 17.7 Å². The number of hydrogen-bond acceptors (Lipinski definition) is 4. The number of aliphatic hydroxyl groups excluding tert-OH is 1. The Morgan fingerprint density at radius 2 is 1.51 bits per heavy atom. The monoisotopic (exact) mass is 472 g/mol. The number of carbonyl (C=O) groups is 2. The van der Waals surface area contributed by atoms with E-state index in [1.807, 2.05) is 84.9 Å². The van der Waals surface area contributed by atoms with Crippen LogP contribution in [0.15, 0.2) is 84.9 Å². The molecular formula is C29H32N2O4. The van der Waals surface area contributed by atoms with Crippen LogP contribution in [0.2, 0.25) is 0 Å². The molecule has 2 atom stereocenters. The number of imide groups is 1. The van der Waals surface area contributed by atoms with Crippen molar-refractivity contribution in [3.8, 4) is 5.75 Å².